The van der Waals surface area contributed by atoms with E-state index in [0.717, 1.165) is 19.4 Å². The molecule has 2 aromatic rings. The maximum absolute atomic E-state index is 12.1. The molecule has 3 atom stereocenters. The van der Waals surface area contributed by atoms with Crippen LogP contribution in [-0.4, -0.2) is 19.6 Å². The van der Waals surface area contributed by atoms with E-state index < -0.39 is 0 Å². The van der Waals surface area contributed by atoms with Gasteiger partial charge in [-0.2, -0.15) is 0 Å². The van der Waals surface area contributed by atoms with E-state index in [2.05, 4.69) is 59.9 Å². The summed E-state index contributed by atoms with van der Waals surface area (Å²) < 4.78 is 5.02. The molecule has 3 nitrogen and oxygen atoms in total. The molecule has 0 radical (unpaired) electrons. The Morgan fingerprint density at radius 2 is 1.83 bits per heavy atom. The Hall–Kier alpha value is -2.13. The van der Waals surface area contributed by atoms with Crippen molar-refractivity contribution in [2.75, 3.05) is 13.7 Å². The molecule has 0 bridgehead atoms. The molecule has 0 aromatic heterocycles. The van der Waals surface area contributed by atoms with Crippen molar-refractivity contribution in [3.8, 4) is 0 Å². The second-order valence-corrected chi connectivity index (χ2v) is 7.14. The fraction of sp³-hybridized carbons (Fsp3) is 0.381. The summed E-state index contributed by atoms with van der Waals surface area (Å²) >= 11 is 0. The number of hydrogen-bond acceptors (Lipinski definition) is 3. The van der Waals surface area contributed by atoms with Crippen molar-refractivity contribution in [2.45, 2.75) is 25.3 Å². The van der Waals surface area contributed by atoms with E-state index in [0.29, 0.717) is 18.4 Å². The van der Waals surface area contributed by atoms with Crippen molar-refractivity contribution >= 4 is 5.97 Å². The molecule has 2 aromatic carbocycles. The van der Waals surface area contributed by atoms with Crippen molar-refractivity contribution in [2.24, 2.45) is 11.3 Å². The molecule has 1 aliphatic heterocycles. The van der Waals surface area contributed by atoms with Crippen LogP contribution in [-0.2, 0) is 22.4 Å². The predicted molar refractivity (Wildman–Crippen MR) is 93.6 cm³/mol. The van der Waals surface area contributed by atoms with Crippen LogP contribution in [0.3, 0.4) is 0 Å². The van der Waals surface area contributed by atoms with Gasteiger partial charge in [-0.15, -0.1) is 0 Å². The molecule has 2 aliphatic rings. The van der Waals surface area contributed by atoms with Gasteiger partial charge in [0.05, 0.1) is 13.5 Å². The molecule has 1 aliphatic carbocycles. The Kier molecular flexibility index (Phi) is 3.89. The van der Waals surface area contributed by atoms with Crippen LogP contribution in [0, 0.1) is 11.3 Å². The zero-order valence-electron chi connectivity index (χ0n) is 14.0. The van der Waals surface area contributed by atoms with E-state index in [-0.39, 0.29) is 11.4 Å². The van der Waals surface area contributed by atoms with E-state index in [1.54, 1.807) is 0 Å². The summed E-state index contributed by atoms with van der Waals surface area (Å²) in [7, 11) is 1.49. The smallest absolute Gasteiger partial charge is 0.306 e. The van der Waals surface area contributed by atoms with Crippen molar-refractivity contribution in [1.29, 1.82) is 0 Å². The minimum atomic E-state index is -0.102. The van der Waals surface area contributed by atoms with Gasteiger partial charge in [0, 0.05) is 18.0 Å². The van der Waals surface area contributed by atoms with Gasteiger partial charge < -0.3 is 10.1 Å². The Morgan fingerprint density at radius 3 is 2.58 bits per heavy atom. The number of hydrogen-bond donors (Lipinski definition) is 1. The minimum absolute atomic E-state index is 0.0536. The highest BCUT2D eigenvalue weighted by atomic mass is 16.5. The lowest BCUT2D eigenvalue weighted by Gasteiger charge is -2.40. The maximum atomic E-state index is 12.1. The molecule has 1 N–H and O–H groups in total. The van der Waals surface area contributed by atoms with Gasteiger partial charge in [-0.3, -0.25) is 4.79 Å². The van der Waals surface area contributed by atoms with Gasteiger partial charge >= 0.3 is 5.97 Å². The van der Waals surface area contributed by atoms with E-state index >= 15 is 0 Å². The van der Waals surface area contributed by atoms with Gasteiger partial charge in [-0.25, -0.2) is 0 Å². The Morgan fingerprint density at radius 1 is 1.12 bits per heavy atom. The average Bonchev–Trinajstić information content (AvgIpc) is 2.98. The van der Waals surface area contributed by atoms with E-state index in [1.165, 1.54) is 23.8 Å². The van der Waals surface area contributed by atoms with Crippen LogP contribution in [0.4, 0.5) is 0 Å². The number of ether oxygens (including phenoxy) is 1. The summed E-state index contributed by atoms with van der Waals surface area (Å²) in [6.07, 6.45) is 2.44. The lowest BCUT2D eigenvalue weighted by Crippen LogP contribution is -2.40. The molecule has 1 fully saturated rings. The highest BCUT2D eigenvalue weighted by molar-refractivity contribution is 5.70. The van der Waals surface area contributed by atoms with Crippen molar-refractivity contribution in [3.63, 3.8) is 0 Å². The molecule has 124 valence electrons. The van der Waals surface area contributed by atoms with Crippen LogP contribution in [0.15, 0.2) is 54.6 Å². The van der Waals surface area contributed by atoms with Gasteiger partial charge in [-0.1, -0.05) is 54.6 Å². The third-order valence-corrected chi connectivity index (χ3v) is 5.85. The predicted octanol–water partition coefficient (Wildman–Crippen LogP) is 3.30. The molecule has 3 unspecified atom stereocenters. The topological polar surface area (TPSA) is 38.3 Å². The summed E-state index contributed by atoms with van der Waals surface area (Å²) in [6.45, 7) is 0.862. The quantitative estimate of drug-likeness (QED) is 0.882. The van der Waals surface area contributed by atoms with Crippen molar-refractivity contribution < 1.29 is 9.53 Å². The number of carbonyl (C=O) groups is 1. The van der Waals surface area contributed by atoms with Crippen LogP contribution in [0.2, 0.25) is 0 Å². The van der Waals surface area contributed by atoms with Crippen LogP contribution >= 0.6 is 0 Å². The number of rotatable bonds is 3. The first-order valence-electron chi connectivity index (χ1n) is 8.64. The second kappa shape index (κ2) is 6.06. The lowest BCUT2D eigenvalue weighted by molar-refractivity contribution is -0.144. The van der Waals surface area contributed by atoms with Crippen LogP contribution in [0.25, 0.3) is 0 Å². The summed E-state index contributed by atoms with van der Waals surface area (Å²) in [6, 6.07) is 19.6. The number of fused-ring (bicyclic) bond motifs is 2. The normalized spacial score (nSPS) is 28.0. The van der Waals surface area contributed by atoms with E-state index in [1.807, 2.05) is 0 Å². The monoisotopic (exact) mass is 321 g/mol. The zero-order chi connectivity index (χ0) is 16.6. The van der Waals surface area contributed by atoms with E-state index in [4.69, 9.17) is 4.74 Å². The van der Waals surface area contributed by atoms with Gasteiger partial charge in [-0.05, 0) is 35.4 Å². The summed E-state index contributed by atoms with van der Waals surface area (Å²) in [4.78, 5) is 12.1. The minimum Gasteiger partial charge on any atom is -0.469 e. The Labute approximate surface area is 143 Å². The average molecular weight is 321 g/mol. The number of esters is 1. The zero-order valence-corrected chi connectivity index (χ0v) is 14.0. The highest BCUT2D eigenvalue weighted by Crippen LogP contribution is 2.51. The maximum Gasteiger partial charge on any atom is 0.306 e. The van der Waals surface area contributed by atoms with Crippen LogP contribution in [0.1, 0.15) is 29.2 Å². The fourth-order valence-corrected chi connectivity index (χ4v) is 4.64. The highest BCUT2D eigenvalue weighted by Gasteiger charge is 2.52. The summed E-state index contributed by atoms with van der Waals surface area (Å²) in [5, 5.41) is 3.71. The fourth-order valence-electron chi connectivity index (χ4n) is 4.64. The standard InChI is InChI=1S/C21H23NO2/c1-24-19(23)13-21-12-17-10-6-5-9-16(17)11-18(21)20(22-14-21)15-7-3-2-4-8-15/h2-10,18,20,22H,11-14H2,1H3. The van der Waals surface area contributed by atoms with Crippen molar-refractivity contribution in [3.05, 3.63) is 71.3 Å². The largest absolute Gasteiger partial charge is 0.469 e. The van der Waals surface area contributed by atoms with E-state index in [9.17, 15) is 4.79 Å². The molecule has 0 saturated carbocycles. The first-order chi connectivity index (χ1) is 11.7. The summed E-state index contributed by atoms with van der Waals surface area (Å²) in [5.41, 5.74) is 4.07. The molecule has 4 rings (SSSR count). The third kappa shape index (κ3) is 2.53. The molecular weight excluding hydrogens is 298 g/mol. The lowest BCUT2D eigenvalue weighted by atomic mass is 9.62. The Balaban J connectivity index is 1.73. The molecule has 3 heteroatoms. The molecule has 0 spiro atoms. The molecule has 24 heavy (non-hydrogen) atoms. The van der Waals surface area contributed by atoms with Gasteiger partial charge in [0.1, 0.15) is 0 Å². The van der Waals surface area contributed by atoms with Crippen LogP contribution in [0.5, 0.6) is 0 Å². The van der Waals surface area contributed by atoms with Crippen LogP contribution < -0.4 is 5.32 Å². The third-order valence-electron chi connectivity index (χ3n) is 5.85. The number of benzene rings is 2. The first kappa shape index (κ1) is 15.4. The molecule has 1 heterocycles. The second-order valence-electron chi connectivity index (χ2n) is 7.14. The number of carbonyl (C=O) groups excluding carboxylic acids is 1. The molecular formula is C21H23NO2. The number of methoxy groups -OCH3 is 1. The molecule has 1 saturated heterocycles. The van der Waals surface area contributed by atoms with Crippen molar-refractivity contribution in [1.82, 2.24) is 5.32 Å². The van der Waals surface area contributed by atoms with Gasteiger partial charge in [0.25, 0.3) is 0 Å². The molecule has 0 amide bonds. The number of nitrogens with one attached hydrogen (secondary N) is 1. The van der Waals surface area contributed by atoms with Gasteiger partial charge in [0.15, 0.2) is 0 Å². The first-order valence-corrected chi connectivity index (χ1v) is 8.64. The van der Waals surface area contributed by atoms with Gasteiger partial charge in [0.2, 0.25) is 0 Å². The summed E-state index contributed by atoms with van der Waals surface area (Å²) in [5.74, 6) is 0.309. The Bertz CT molecular complexity index is 743. The SMILES string of the molecule is COC(=O)CC12CNC(c3ccccc3)C1Cc1ccccc1C2.